The van der Waals surface area contributed by atoms with Crippen LogP contribution in [-0.2, 0) is 4.74 Å². The fraction of sp³-hybridized carbons (Fsp3) is 0.533. The Hall–Kier alpha value is -1.55. The third kappa shape index (κ3) is 3.96. The number of likely N-dealkylation sites (tertiary alicyclic amines) is 1. The van der Waals surface area contributed by atoms with Crippen LogP contribution in [0.5, 0.6) is 5.75 Å². The van der Waals surface area contributed by atoms with E-state index in [-0.39, 0.29) is 12.1 Å². The van der Waals surface area contributed by atoms with E-state index in [2.05, 4.69) is 0 Å². The summed E-state index contributed by atoms with van der Waals surface area (Å²) in [4.78, 5) is 13.5. The molecule has 0 bridgehead atoms. The quantitative estimate of drug-likeness (QED) is 0.804. The number of carbonyl (C=O) groups excluding carboxylic acids is 1. The van der Waals surface area contributed by atoms with Crippen LogP contribution in [0.15, 0.2) is 24.3 Å². The third-order valence-corrected chi connectivity index (χ3v) is 3.50. The van der Waals surface area contributed by atoms with Gasteiger partial charge in [0.15, 0.2) is 0 Å². The Morgan fingerprint density at radius 2 is 2.11 bits per heavy atom. The fourth-order valence-corrected chi connectivity index (χ4v) is 2.53. The van der Waals surface area contributed by atoms with Gasteiger partial charge in [0.2, 0.25) is 0 Å². The summed E-state index contributed by atoms with van der Waals surface area (Å²) in [5.41, 5.74) is 0.544. The highest BCUT2D eigenvalue weighted by Crippen LogP contribution is 2.13. The number of nitrogens with one attached hydrogen (secondary N) is 1. The number of rotatable bonds is 5. The second-order valence-electron chi connectivity index (χ2n) is 5.11. The maximum Gasteiger partial charge on any atom is 0.338 e. The molecule has 1 fully saturated rings. The van der Waals surface area contributed by atoms with Crippen LogP contribution in [0.4, 0.5) is 0 Å². The average molecular weight is 264 g/mol. The second kappa shape index (κ2) is 6.57. The molecule has 0 amide bonds. The average Bonchev–Trinajstić information content (AvgIpc) is 2.91. The van der Waals surface area contributed by atoms with Crippen molar-refractivity contribution in [2.75, 3.05) is 26.7 Å². The topological polar surface area (TPSA) is 40.0 Å². The molecule has 1 saturated heterocycles. The Balaban J connectivity index is 1.88. The SMILES string of the molecule is COc1cccc(C(=O)O[C@@H](C)C[NH+]2CCCC2)c1. The number of carbonyl (C=O) groups is 1. The normalized spacial score (nSPS) is 17.2. The van der Waals surface area contributed by atoms with Crippen molar-refractivity contribution in [1.29, 1.82) is 0 Å². The largest absolute Gasteiger partial charge is 0.497 e. The third-order valence-electron chi connectivity index (χ3n) is 3.50. The molecule has 1 N–H and O–H groups in total. The number of hydrogen-bond acceptors (Lipinski definition) is 3. The van der Waals surface area contributed by atoms with Crippen LogP contribution in [0.3, 0.4) is 0 Å². The van der Waals surface area contributed by atoms with Crippen molar-refractivity contribution in [3.8, 4) is 5.75 Å². The number of benzene rings is 1. The summed E-state index contributed by atoms with van der Waals surface area (Å²) in [6, 6.07) is 7.07. The molecule has 4 nitrogen and oxygen atoms in total. The Labute approximate surface area is 114 Å². The first kappa shape index (κ1) is 13.9. The molecule has 1 atom stereocenters. The standard InChI is InChI=1S/C15H21NO3/c1-12(11-16-8-3-4-9-16)19-15(17)13-6-5-7-14(10-13)18-2/h5-7,10,12H,3-4,8-9,11H2,1-2H3/p+1/t12-/m0/s1. The Bertz CT molecular complexity index is 427. The van der Waals surface area contributed by atoms with Crippen molar-refractivity contribution >= 4 is 5.97 Å². The van der Waals surface area contributed by atoms with Gasteiger partial charge in [0.25, 0.3) is 0 Å². The summed E-state index contributed by atoms with van der Waals surface area (Å²) in [5.74, 6) is 0.400. The summed E-state index contributed by atoms with van der Waals surface area (Å²) >= 11 is 0. The lowest BCUT2D eigenvalue weighted by Gasteiger charge is -2.18. The maximum absolute atomic E-state index is 12.0. The smallest absolute Gasteiger partial charge is 0.338 e. The first-order chi connectivity index (χ1) is 9.19. The van der Waals surface area contributed by atoms with E-state index in [1.807, 2.05) is 13.0 Å². The molecular weight excluding hydrogens is 242 g/mol. The van der Waals surface area contributed by atoms with Gasteiger partial charge < -0.3 is 14.4 Å². The van der Waals surface area contributed by atoms with Gasteiger partial charge in [-0.1, -0.05) is 6.07 Å². The lowest BCUT2D eigenvalue weighted by molar-refractivity contribution is -0.890. The Morgan fingerprint density at radius 3 is 2.79 bits per heavy atom. The molecule has 1 heterocycles. The maximum atomic E-state index is 12.0. The van der Waals surface area contributed by atoms with E-state index in [1.54, 1.807) is 25.3 Å². The fourth-order valence-electron chi connectivity index (χ4n) is 2.53. The highest BCUT2D eigenvalue weighted by Gasteiger charge is 2.21. The van der Waals surface area contributed by atoms with E-state index >= 15 is 0 Å². The van der Waals surface area contributed by atoms with Crippen molar-refractivity contribution in [3.63, 3.8) is 0 Å². The van der Waals surface area contributed by atoms with Gasteiger partial charge in [-0.3, -0.25) is 0 Å². The molecule has 0 unspecified atom stereocenters. The molecule has 1 aliphatic heterocycles. The number of methoxy groups -OCH3 is 1. The van der Waals surface area contributed by atoms with E-state index in [0.717, 1.165) is 6.54 Å². The molecular formula is C15H22NO3+. The number of ether oxygens (including phenoxy) is 2. The predicted molar refractivity (Wildman–Crippen MR) is 72.7 cm³/mol. The lowest BCUT2D eigenvalue weighted by atomic mass is 10.2. The zero-order valence-electron chi connectivity index (χ0n) is 11.6. The first-order valence-corrected chi connectivity index (χ1v) is 6.87. The van der Waals surface area contributed by atoms with Crippen LogP contribution in [0.25, 0.3) is 0 Å². The van der Waals surface area contributed by atoms with Gasteiger partial charge >= 0.3 is 5.97 Å². The van der Waals surface area contributed by atoms with E-state index in [9.17, 15) is 4.79 Å². The van der Waals surface area contributed by atoms with Crippen molar-refractivity contribution in [2.45, 2.75) is 25.9 Å². The van der Waals surface area contributed by atoms with Crippen molar-refractivity contribution in [3.05, 3.63) is 29.8 Å². The number of esters is 1. The summed E-state index contributed by atoms with van der Waals surface area (Å²) in [6.45, 7) is 5.25. The van der Waals surface area contributed by atoms with Gasteiger partial charge in [-0.05, 0) is 25.1 Å². The molecule has 0 radical (unpaired) electrons. The molecule has 0 aromatic heterocycles. The second-order valence-corrected chi connectivity index (χ2v) is 5.11. The molecule has 19 heavy (non-hydrogen) atoms. The molecule has 1 aromatic rings. The van der Waals surface area contributed by atoms with Gasteiger partial charge in [-0.2, -0.15) is 0 Å². The lowest BCUT2D eigenvalue weighted by Crippen LogP contribution is -3.11. The van der Waals surface area contributed by atoms with Gasteiger partial charge in [0.1, 0.15) is 18.4 Å². The summed E-state index contributed by atoms with van der Waals surface area (Å²) < 4.78 is 10.6. The molecule has 4 heteroatoms. The van der Waals surface area contributed by atoms with Crippen LogP contribution in [-0.4, -0.2) is 38.8 Å². The highest BCUT2D eigenvalue weighted by atomic mass is 16.5. The van der Waals surface area contributed by atoms with Crippen LogP contribution in [0, 0.1) is 0 Å². The van der Waals surface area contributed by atoms with E-state index < -0.39 is 0 Å². The van der Waals surface area contributed by atoms with Gasteiger partial charge in [-0.25, -0.2) is 4.79 Å². The molecule has 1 aromatic carbocycles. The molecule has 0 spiro atoms. The first-order valence-electron chi connectivity index (χ1n) is 6.87. The minimum atomic E-state index is -0.273. The molecule has 2 rings (SSSR count). The van der Waals surface area contributed by atoms with Crippen molar-refractivity contribution in [1.82, 2.24) is 0 Å². The van der Waals surface area contributed by atoms with Crippen LogP contribution >= 0.6 is 0 Å². The highest BCUT2D eigenvalue weighted by molar-refractivity contribution is 5.89. The van der Waals surface area contributed by atoms with Crippen molar-refractivity contribution in [2.24, 2.45) is 0 Å². The zero-order chi connectivity index (χ0) is 13.7. The van der Waals surface area contributed by atoms with E-state index in [4.69, 9.17) is 9.47 Å². The van der Waals surface area contributed by atoms with E-state index in [1.165, 1.54) is 30.8 Å². The molecule has 0 aliphatic carbocycles. The van der Waals surface area contributed by atoms with Crippen molar-refractivity contribution < 1.29 is 19.2 Å². The van der Waals surface area contributed by atoms with E-state index in [0.29, 0.717) is 11.3 Å². The minimum Gasteiger partial charge on any atom is -0.497 e. The minimum absolute atomic E-state index is 0.0493. The Kier molecular flexibility index (Phi) is 4.80. The molecule has 0 saturated carbocycles. The summed E-state index contributed by atoms with van der Waals surface area (Å²) in [6.07, 6.45) is 2.52. The van der Waals surface area contributed by atoms with Gasteiger partial charge in [0, 0.05) is 12.8 Å². The van der Waals surface area contributed by atoms with Crippen LogP contribution in [0.2, 0.25) is 0 Å². The van der Waals surface area contributed by atoms with Crippen LogP contribution < -0.4 is 9.64 Å². The number of quaternary nitrogens is 1. The Morgan fingerprint density at radius 1 is 1.37 bits per heavy atom. The number of hydrogen-bond donors (Lipinski definition) is 1. The zero-order valence-corrected chi connectivity index (χ0v) is 11.6. The predicted octanol–water partition coefficient (Wildman–Crippen LogP) is 0.919. The summed E-state index contributed by atoms with van der Waals surface area (Å²) in [7, 11) is 1.59. The molecule has 104 valence electrons. The molecule has 1 aliphatic rings. The summed E-state index contributed by atoms with van der Waals surface area (Å²) in [5, 5.41) is 0. The van der Waals surface area contributed by atoms with Crippen LogP contribution in [0.1, 0.15) is 30.1 Å². The monoisotopic (exact) mass is 264 g/mol. The van der Waals surface area contributed by atoms with Gasteiger partial charge in [-0.15, -0.1) is 0 Å². The van der Waals surface area contributed by atoms with Gasteiger partial charge in [0.05, 0.1) is 25.8 Å².